The summed E-state index contributed by atoms with van der Waals surface area (Å²) in [7, 11) is 1.57. The molecule has 0 unspecified atom stereocenters. The molecule has 0 heterocycles. The monoisotopic (exact) mass is 316 g/mol. The SMILES string of the molecule is CN(Cc1ccc(C#N)cc1)C(=O)c1ccccc1OC(F)F. The lowest BCUT2D eigenvalue weighted by atomic mass is 10.1. The van der Waals surface area contributed by atoms with Crippen LogP contribution in [0.3, 0.4) is 0 Å². The van der Waals surface area contributed by atoms with Crippen LogP contribution in [0.25, 0.3) is 0 Å². The van der Waals surface area contributed by atoms with Crippen LogP contribution in [0.4, 0.5) is 8.78 Å². The number of ether oxygens (including phenoxy) is 1. The number of rotatable bonds is 5. The minimum atomic E-state index is -2.99. The van der Waals surface area contributed by atoms with Crippen LogP contribution in [-0.2, 0) is 6.54 Å². The van der Waals surface area contributed by atoms with E-state index in [9.17, 15) is 13.6 Å². The van der Waals surface area contributed by atoms with Crippen molar-refractivity contribution in [3.05, 3.63) is 65.2 Å². The van der Waals surface area contributed by atoms with E-state index in [1.54, 1.807) is 37.4 Å². The normalized spacial score (nSPS) is 10.2. The molecule has 0 saturated carbocycles. The number of nitriles is 1. The molecule has 0 atom stereocenters. The zero-order valence-corrected chi connectivity index (χ0v) is 12.4. The number of hydrogen-bond donors (Lipinski definition) is 0. The predicted molar refractivity (Wildman–Crippen MR) is 80.0 cm³/mol. The Bertz CT molecular complexity index is 724. The third kappa shape index (κ3) is 4.27. The van der Waals surface area contributed by atoms with E-state index in [2.05, 4.69) is 4.74 Å². The average Bonchev–Trinajstić information content (AvgIpc) is 2.55. The van der Waals surface area contributed by atoms with E-state index in [-0.39, 0.29) is 17.9 Å². The Hall–Kier alpha value is -2.94. The first kappa shape index (κ1) is 16.4. The predicted octanol–water partition coefficient (Wildman–Crippen LogP) is 3.43. The van der Waals surface area contributed by atoms with E-state index in [4.69, 9.17) is 5.26 Å². The van der Waals surface area contributed by atoms with Gasteiger partial charge in [0, 0.05) is 13.6 Å². The highest BCUT2D eigenvalue weighted by molar-refractivity contribution is 5.96. The maximum Gasteiger partial charge on any atom is 0.387 e. The van der Waals surface area contributed by atoms with Crippen LogP contribution in [0, 0.1) is 11.3 Å². The lowest BCUT2D eigenvalue weighted by molar-refractivity contribution is -0.0502. The second-order valence-corrected chi connectivity index (χ2v) is 4.84. The largest absolute Gasteiger partial charge is 0.434 e. The zero-order chi connectivity index (χ0) is 16.8. The van der Waals surface area contributed by atoms with E-state index in [1.807, 2.05) is 6.07 Å². The Labute approximate surface area is 132 Å². The molecule has 2 aromatic rings. The molecule has 118 valence electrons. The fraction of sp³-hybridized carbons (Fsp3) is 0.176. The summed E-state index contributed by atoms with van der Waals surface area (Å²) >= 11 is 0. The Morgan fingerprint density at radius 3 is 2.48 bits per heavy atom. The van der Waals surface area contributed by atoms with Gasteiger partial charge >= 0.3 is 6.61 Å². The number of benzene rings is 2. The topological polar surface area (TPSA) is 53.3 Å². The number of hydrogen-bond acceptors (Lipinski definition) is 3. The van der Waals surface area contributed by atoms with E-state index in [1.165, 1.54) is 23.1 Å². The van der Waals surface area contributed by atoms with Crippen LogP contribution in [0.15, 0.2) is 48.5 Å². The van der Waals surface area contributed by atoms with Gasteiger partial charge in [-0.15, -0.1) is 0 Å². The first-order valence-electron chi connectivity index (χ1n) is 6.79. The molecule has 1 amide bonds. The van der Waals surface area contributed by atoms with Crippen LogP contribution in [0.2, 0.25) is 0 Å². The van der Waals surface area contributed by atoms with Gasteiger partial charge in [0.15, 0.2) is 0 Å². The summed E-state index contributed by atoms with van der Waals surface area (Å²) in [5.74, 6) is -0.579. The molecule has 0 aliphatic rings. The lowest BCUT2D eigenvalue weighted by Crippen LogP contribution is -2.27. The summed E-state index contributed by atoms with van der Waals surface area (Å²) < 4.78 is 29.2. The molecular formula is C17H14F2N2O2. The van der Waals surface area contributed by atoms with Crippen molar-refractivity contribution < 1.29 is 18.3 Å². The molecule has 0 aromatic heterocycles. The Morgan fingerprint density at radius 2 is 1.87 bits per heavy atom. The van der Waals surface area contributed by atoms with Gasteiger partial charge in [0.05, 0.1) is 17.2 Å². The molecule has 0 N–H and O–H groups in total. The van der Waals surface area contributed by atoms with Gasteiger partial charge < -0.3 is 9.64 Å². The highest BCUT2D eigenvalue weighted by atomic mass is 19.3. The molecule has 2 aromatic carbocycles. The molecule has 0 bridgehead atoms. The van der Waals surface area contributed by atoms with Crippen molar-refractivity contribution in [3.8, 4) is 11.8 Å². The van der Waals surface area contributed by atoms with Crippen LogP contribution < -0.4 is 4.74 Å². The Balaban J connectivity index is 2.14. The summed E-state index contributed by atoms with van der Waals surface area (Å²) in [4.78, 5) is 13.8. The van der Waals surface area contributed by atoms with E-state index < -0.39 is 12.5 Å². The van der Waals surface area contributed by atoms with Crippen LogP contribution in [-0.4, -0.2) is 24.5 Å². The molecule has 4 nitrogen and oxygen atoms in total. The molecule has 0 spiro atoms. The van der Waals surface area contributed by atoms with E-state index >= 15 is 0 Å². The highest BCUT2D eigenvalue weighted by Crippen LogP contribution is 2.22. The number of nitrogens with zero attached hydrogens (tertiary/aromatic N) is 2. The van der Waals surface area contributed by atoms with Gasteiger partial charge in [-0.05, 0) is 29.8 Å². The Morgan fingerprint density at radius 1 is 1.22 bits per heavy atom. The van der Waals surface area contributed by atoms with Gasteiger partial charge in [-0.2, -0.15) is 14.0 Å². The number of halogens is 2. The molecule has 23 heavy (non-hydrogen) atoms. The van der Waals surface area contributed by atoms with E-state index in [0.717, 1.165) is 5.56 Å². The molecule has 2 rings (SSSR count). The quantitative estimate of drug-likeness (QED) is 0.849. The van der Waals surface area contributed by atoms with Gasteiger partial charge in [0.25, 0.3) is 5.91 Å². The summed E-state index contributed by atoms with van der Waals surface area (Å²) in [6.07, 6.45) is 0. The molecule has 6 heteroatoms. The maximum absolute atomic E-state index is 12.4. The van der Waals surface area contributed by atoms with Gasteiger partial charge in [0.1, 0.15) is 5.75 Å². The highest BCUT2D eigenvalue weighted by Gasteiger charge is 2.18. The fourth-order valence-electron chi connectivity index (χ4n) is 2.08. The summed E-state index contributed by atoms with van der Waals surface area (Å²) in [5, 5.41) is 8.76. The van der Waals surface area contributed by atoms with Crippen LogP contribution in [0.5, 0.6) is 5.75 Å². The van der Waals surface area contributed by atoms with E-state index in [0.29, 0.717) is 5.56 Å². The first-order chi connectivity index (χ1) is 11.0. The van der Waals surface area contributed by atoms with Crippen molar-refractivity contribution in [2.75, 3.05) is 7.05 Å². The third-order valence-corrected chi connectivity index (χ3v) is 3.18. The minimum absolute atomic E-state index is 0.0731. The average molecular weight is 316 g/mol. The number of carbonyl (C=O) groups is 1. The first-order valence-corrected chi connectivity index (χ1v) is 6.79. The van der Waals surface area contributed by atoms with Gasteiger partial charge in [-0.1, -0.05) is 24.3 Å². The molecule has 0 aliphatic heterocycles. The standard InChI is InChI=1S/C17H14F2N2O2/c1-21(11-13-8-6-12(10-20)7-9-13)16(22)14-4-2-3-5-15(14)23-17(18)19/h2-9,17H,11H2,1H3. The van der Waals surface area contributed by atoms with Crippen molar-refractivity contribution in [1.82, 2.24) is 4.90 Å². The van der Waals surface area contributed by atoms with Crippen LogP contribution in [0.1, 0.15) is 21.5 Å². The van der Waals surface area contributed by atoms with Crippen molar-refractivity contribution in [1.29, 1.82) is 5.26 Å². The second-order valence-electron chi connectivity index (χ2n) is 4.84. The molecule has 0 fully saturated rings. The van der Waals surface area contributed by atoms with Crippen LogP contribution >= 0.6 is 0 Å². The van der Waals surface area contributed by atoms with Gasteiger partial charge in [-0.3, -0.25) is 4.79 Å². The van der Waals surface area contributed by atoms with Gasteiger partial charge in [-0.25, -0.2) is 0 Å². The van der Waals surface area contributed by atoms with Gasteiger partial charge in [0.2, 0.25) is 0 Å². The minimum Gasteiger partial charge on any atom is -0.434 e. The number of carbonyl (C=O) groups excluding carboxylic acids is 1. The summed E-state index contributed by atoms with van der Waals surface area (Å²) in [6, 6.07) is 14.7. The smallest absolute Gasteiger partial charge is 0.387 e. The zero-order valence-electron chi connectivity index (χ0n) is 12.4. The maximum atomic E-state index is 12.4. The Kier molecular flexibility index (Phi) is 5.26. The third-order valence-electron chi connectivity index (χ3n) is 3.18. The molecule has 0 saturated heterocycles. The van der Waals surface area contributed by atoms with Crippen molar-refractivity contribution >= 4 is 5.91 Å². The summed E-state index contributed by atoms with van der Waals surface area (Å²) in [5.41, 5.74) is 1.43. The summed E-state index contributed by atoms with van der Waals surface area (Å²) in [6.45, 7) is -2.71. The fourth-order valence-corrected chi connectivity index (χ4v) is 2.08. The van der Waals surface area contributed by atoms with Crippen molar-refractivity contribution in [2.45, 2.75) is 13.2 Å². The number of para-hydroxylation sites is 1. The molecule has 0 aliphatic carbocycles. The second kappa shape index (κ2) is 7.36. The van der Waals surface area contributed by atoms with Crippen molar-refractivity contribution in [2.24, 2.45) is 0 Å². The van der Waals surface area contributed by atoms with Crippen molar-refractivity contribution in [3.63, 3.8) is 0 Å². The lowest BCUT2D eigenvalue weighted by Gasteiger charge is -2.19. The molecular weight excluding hydrogens is 302 g/mol. The number of amides is 1. The molecule has 0 radical (unpaired) electrons. The number of alkyl halides is 2.